The highest BCUT2D eigenvalue weighted by atomic mass is 79.9. The van der Waals surface area contributed by atoms with Gasteiger partial charge in [-0.25, -0.2) is 0 Å². The van der Waals surface area contributed by atoms with Crippen LogP contribution < -0.4 is 5.32 Å². The van der Waals surface area contributed by atoms with Crippen molar-refractivity contribution in [3.8, 4) is 0 Å². The third-order valence-electron chi connectivity index (χ3n) is 2.83. The van der Waals surface area contributed by atoms with E-state index in [1.54, 1.807) is 11.3 Å². The maximum atomic E-state index is 5.73. The second-order valence-electron chi connectivity index (χ2n) is 4.34. The summed E-state index contributed by atoms with van der Waals surface area (Å²) in [6.45, 7) is 2.31. The van der Waals surface area contributed by atoms with Crippen molar-refractivity contribution in [3.63, 3.8) is 0 Å². The van der Waals surface area contributed by atoms with Crippen molar-refractivity contribution in [2.45, 2.75) is 19.6 Å². The van der Waals surface area contributed by atoms with E-state index in [1.165, 1.54) is 16.0 Å². The van der Waals surface area contributed by atoms with E-state index < -0.39 is 0 Å². The standard InChI is InChI=1S/C15H18BrNOS/c1-17-10-12-4-5-13(15(16)9-12)11-18-7-6-14-3-2-8-19-14/h2-5,8-9,17H,6-7,10-11H2,1H3. The first-order chi connectivity index (χ1) is 9.29. The molecule has 102 valence electrons. The minimum atomic E-state index is 0.659. The summed E-state index contributed by atoms with van der Waals surface area (Å²) in [5, 5.41) is 5.25. The van der Waals surface area contributed by atoms with Gasteiger partial charge in [0.05, 0.1) is 13.2 Å². The van der Waals surface area contributed by atoms with Crippen LogP contribution in [0.2, 0.25) is 0 Å². The lowest BCUT2D eigenvalue weighted by atomic mass is 10.1. The predicted octanol–water partition coefficient (Wildman–Crippen LogP) is 3.99. The van der Waals surface area contributed by atoms with Gasteiger partial charge in [-0.1, -0.05) is 34.1 Å². The molecule has 1 aromatic heterocycles. The molecule has 0 saturated heterocycles. The van der Waals surface area contributed by atoms with Crippen molar-refractivity contribution in [3.05, 3.63) is 56.2 Å². The normalized spacial score (nSPS) is 10.8. The monoisotopic (exact) mass is 339 g/mol. The van der Waals surface area contributed by atoms with E-state index >= 15 is 0 Å². The summed E-state index contributed by atoms with van der Waals surface area (Å²) in [5.74, 6) is 0. The zero-order chi connectivity index (χ0) is 13.5. The Labute approximate surface area is 126 Å². The molecule has 0 spiro atoms. The fraction of sp³-hybridized carbons (Fsp3) is 0.333. The molecule has 1 heterocycles. The van der Waals surface area contributed by atoms with Crippen molar-refractivity contribution >= 4 is 27.3 Å². The molecule has 2 nitrogen and oxygen atoms in total. The van der Waals surface area contributed by atoms with Crippen molar-refractivity contribution in [2.24, 2.45) is 0 Å². The zero-order valence-corrected chi connectivity index (χ0v) is 13.4. The second-order valence-corrected chi connectivity index (χ2v) is 6.22. The average Bonchev–Trinajstić information content (AvgIpc) is 2.90. The first-order valence-corrected chi connectivity index (χ1v) is 7.99. The number of nitrogens with one attached hydrogen (secondary N) is 1. The molecule has 0 unspecified atom stereocenters. The van der Waals surface area contributed by atoms with Gasteiger partial charge in [0.1, 0.15) is 0 Å². The molecular formula is C15H18BrNOS. The van der Waals surface area contributed by atoms with Crippen molar-refractivity contribution in [1.29, 1.82) is 0 Å². The highest BCUT2D eigenvalue weighted by Crippen LogP contribution is 2.20. The summed E-state index contributed by atoms with van der Waals surface area (Å²) in [6, 6.07) is 10.6. The zero-order valence-electron chi connectivity index (χ0n) is 11.0. The Morgan fingerprint density at radius 1 is 1.32 bits per heavy atom. The Bertz CT molecular complexity index is 499. The average molecular weight is 340 g/mol. The third kappa shape index (κ3) is 4.73. The molecule has 0 aliphatic rings. The van der Waals surface area contributed by atoms with E-state index in [2.05, 4.69) is 57.0 Å². The molecule has 2 aromatic rings. The van der Waals surface area contributed by atoms with E-state index in [1.807, 2.05) is 7.05 Å². The molecule has 0 atom stereocenters. The maximum Gasteiger partial charge on any atom is 0.0727 e. The van der Waals surface area contributed by atoms with E-state index in [-0.39, 0.29) is 0 Å². The number of hydrogen-bond acceptors (Lipinski definition) is 3. The van der Waals surface area contributed by atoms with Crippen LogP contribution in [0, 0.1) is 0 Å². The van der Waals surface area contributed by atoms with E-state index in [9.17, 15) is 0 Å². The van der Waals surface area contributed by atoms with Crippen molar-refractivity contribution in [2.75, 3.05) is 13.7 Å². The summed E-state index contributed by atoms with van der Waals surface area (Å²) in [5.41, 5.74) is 2.47. The molecule has 0 amide bonds. The van der Waals surface area contributed by atoms with Crippen molar-refractivity contribution in [1.82, 2.24) is 5.32 Å². The van der Waals surface area contributed by atoms with Gasteiger partial charge in [0.2, 0.25) is 0 Å². The van der Waals surface area contributed by atoms with Crippen LogP contribution in [0.1, 0.15) is 16.0 Å². The Kier molecular flexibility index (Phi) is 6.04. The van der Waals surface area contributed by atoms with Crippen LogP contribution in [0.5, 0.6) is 0 Å². The fourth-order valence-electron chi connectivity index (χ4n) is 1.83. The molecule has 1 aromatic carbocycles. The lowest BCUT2D eigenvalue weighted by Crippen LogP contribution is -2.05. The molecule has 4 heteroatoms. The Morgan fingerprint density at radius 2 is 2.21 bits per heavy atom. The van der Waals surface area contributed by atoms with Gasteiger partial charge in [-0.05, 0) is 35.7 Å². The Hall–Kier alpha value is -0.680. The summed E-state index contributed by atoms with van der Waals surface area (Å²) < 4.78 is 6.86. The number of benzene rings is 1. The number of rotatable bonds is 7. The summed E-state index contributed by atoms with van der Waals surface area (Å²) in [7, 11) is 1.95. The SMILES string of the molecule is CNCc1ccc(COCCc2cccs2)c(Br)c1. The first kappa shape index (κ1) is 14.7. The highest BCUT2D eigenvalue weighted by molar-refractivity contribution is 9.10. The topological polar surface area (TPSA) is 21.3 Å². The number of halogens is 1. The minimum Gasteiger partial charge on any atom is -0.376 e. The van der Waals surface area contributed by atoms with Gasteiger partial charge in [-0.3, -0.25) is 0 Å². The van der Waals surface area contributed by atoms with Crippen LogP contribution in [0.15, 0.2) is 40.2 Å². The summed E-state index contributed by atoms with van der Waals surface area (Å²) in [4.78, 5) is 1.38. The fourth-order valence-corrected chi connectivity index (χ4v) is 3.06. The van der Waals surface area contributed by atoms with Gasteiger partial charge in [-0.2, -0.15) is 0 Å². The molecule has 2 rings (SSSR count). The van der Waals surface area contributed by atoms with Gasteiger partial charge in [-0.15, -0.1) is 11.3 Å². The molecule has 0 saturated carbocycles. The molecule has 0 bridgehead atoms. The minimum absolute atomic E-state index is 0.659. The second kappa shape index (κ2) is 7.80. The number of thiophene rings is 1. The Balaban J connectivity index is 1.79. The van der Waals surface area contributed by atoms with E-state index in [0.29, 0.717) is 6.61 Å². The molecule has 0 radical (unpaired) electrons. The van der Waals surface area contributed by atoms with Crippen LogP contribution in [-0.2, 0) is 24.3 Å². The third-order valence-corrected chi connectivity index (χ3v) is 4.50. The van der Waals surface area contributed by atoms with Gasteiger partial charge < -0.3 is 10.1 Å². The lowest BCUT2D eigenvalue weighted by Gasteiger charge is -2.08. The van der Waals surface area contributed by atoms with Crippen LogP contribution in [-0.4, -0.2) is 13.7 Å². The van der Waals surface area contributed by atoms with E-state index in [4.69, 9.17) is 4.74 Å². The largest absolute Gasteiger partial charge is 0.376 e. The van der Waals surface area contributed by atoms with Crippen LogP contribution in [0.4, 0.5) is 0 Å². The van der Waals surface area contributed by atoms with E-state index in [0.717, 1.165) is 24.0 Å². The first-order valence-electron chi connectivity index (χ1n) is 6.31. The van der Waals surface area contributed by atoms with Gasteiger partial charge in [0, 0.05) is 22.3 Å². The number of ether oxygens (including phenoxy) is 1. The van der Waals surface area contributed by atoms with Gasteiger partial charge in [0.25, 0.3) is 0 Å². The predicted molar refractivity (Wildman–Crippen MR) is 84.6 cm³/mol. The molecule has 0 aliphatic heterocycles. The summed E-state index contributed by atoms with van der Waals surface area (Å²) in [6.07, 6.45) is 0.993. The van der Waals surface area contributed by atoms with Crippen LogP contribution in [0.3, 0.4) is 0 Å². The van der Waals surface area contributed by atoms with Crippen molar-refractivity contribution < 1.29 is 4.74 Å². The maximum absolute atomic E-state index is 5.73. The summed E-state index contributed by atoms with van der Waals surface area (Å²) >= 11 is 5.39. The lowest BCUT2D eigenvalue weighted by molar-refractivity contribution is 0.124. The molecule has 0 fully saturated rings. The van der Waals surface area contributed by atoms with Crippen LogP contribution in [0.25, 0.3) is 0 Å². The molecular weight excluding hydrogens is 322 g/mol. The Morgan fingerprint density at radius 3 is 2.89 bits per heavy atom. The van der Waals surface area contributed by atoms with Gasteiger partial charge in [0.15, 0.2) is 0 Å². The highest BCUT2D eigenvalue weighted by Gasteiger charge is 2.02. The van der Waals surface area contributed by atoms with Gasteiger partial charge >= 0.3 is 0 Å². The molecule has 19 heavy (non-hydrogen) atoms. The smallest absolute Gasteiger partial charge is 0.0727 e. The molecule has 0 aliphatic carbocycles. The molecule has 1 N–H and O–H groups in total. The number of hydrogen-bond donors (Lipinski definition) is 1. The van der Waals surface area contributed by atoms with Crippen LogP contribution >= 0.6 is 27.3 Å². The quantitative estimate of drug-likeness (QED) is 0.770.